The van der Waals surface area contributed by atoms with Crippen LogP contribution in [0.15, 0.2) is 89.4 Å². The number of hydrogen-bond acceptors (Lipinski definition) is 3. The first-order valence-electron chi connectivity index (χ1n) is 8.28. The number of aromatic nitrogens is 1. The largest absolute Gasteiger partial charge is 0.436 e. The Labute approximate surface area is 150 Å². The van der Waals surface area contributed by atoms with E-state index in [1.54, 1.807) is 6.08 Å². The van der Waals surface area contributed by atoms with Gasteiger partial charge in [-0.2, -0.15) is 0 Å². The van der Waals surface area contributed by atoms with E-state index in [1.165, 1.54) is 6.08 Å². The molecule has 4 rings (SSSR count). The summed E-state index contributed by atoms with van der Waals surface area (Å²) >= 11 is 0. The maximum atomic E-state index is 12.1. The number of hydrogen-bond donors (Lipinski definition) is 1. The average molecular weight is 340 g/mol. The molecule has 1 N–H and O–H groups in total. The third-order valence-corrected chi connectivity index (χ3v) is 3.90. The highest BCUT2D eigenvalue weighted by Crippen LogP contribution is 2.26. The molecule has 0 aliphatic heterocycles. The number of anilines is 1. The summed E-state index contributed by atoms with van der Waals surface area (Å²) in [5.74, 6) is 0.339. The highest BCUT2D eigenvalue weighted by atomic mass is 16.3. The molecule has 4 nitrogen and oxygen atoms in total. The van der Waals surface area contributed by atoms with Gasteiger partial charge >= 0.3 is 0 Å². The van der Waals surface area contributed by atoms with Gasteiger partial charge in [0, 0.05) is 17.3 Å². The fraction of sp³-hybridized carbons (Fsp3) is 0. The molecular formula is C22H16N2O2. The van der Waals surface area contributed by atoms with Gasteiger partial charge in [-0.05, 0) is 42.0 Å². The number of nitrogens with one attached hydrogen (secondary N) is 1. The second kappa shape index (κ2) is 7.07. The first kappa shape index (κ1) is 15.8. The Morgan fingerprint density at radius 3 is 2.58 bits per heavy atom. The summed E-state index contributed by atoms with van der Waals surface area (Å²) < 4.78 is 5.78. The molecule has 0 aliphatic rings. The lowest BCUT2D eigenvalue weighted by Crippen LogP contribution is -2.07. The number of carbonyl (C=O) groups is 1. The van der Waals surface area contributed by atoms with Gasteiger partial charge in [-0.15, -0.1) is 0 Å². The van der Waals surface area contributed by atoms with Crippen LogP contribution in [0.25, 0.3) is 28.6 Å². The lowest BCUT2D eigenvalue weighted by molar-refractivity contribution is -0.111. The van der Waals surface area contributed by atoms with E-state index < -0.39 is 0 Å². The van der Waals surface area contributed by atoms with E-state index in [-0.39, 0.29) is 5.91 Å². The van der Waals surface area contributed by atoms with Gasteiger partial charge in [-0.25, -0.2) is 4.98 Å². The van der Waals surface area contributed by atoms with E-state index in [1.807, 2.05) is 78.9 Å². The minimum Gasteiger partial charge on any atom is -0.436 e. The van der Waals surface area contributed by atoms with Crippen molar-refractivity contribution in [2.75, 3.05) is 5.32 Å². The maximum absolute atomic E-state index is 12.1. The van der Waals surface area contributed by atoms with Crippen molar-refractivity contribution in [3.8, 4) is 11.5 Å². The molecule has 0 bridgehead atoms. The predicted molar refractivity (Wildman–Crippen MR) is 104 cm³/mol. The Bertz CT molecular complexity index is 1050. The molecule has 0 saturated heterocycles. The van der Waals surface area contributed by atoms with Crippen molar-refractivity contribution in [3.63, 3.8) is 0 Å². The number of nitrogens with zero attached hydrogens (tertiary/aromatic N) is 1. The van der Waals surface area contributed by atoms with Gasteiger partial charge in [0.2, 0.25) is 11.8 Å². The van der Waals surface area contributed by atoms with Crippen LogP contribution in [0, 0.1) is 0 Å². The molecule has 4 aromatic rings. The number of carbonyl (C=O) groups excluding carboxylic acids is 1. The van der Waals surface area contributed by atoms with Crippen molar-refractivity contribution in [2.24, 2.45) is 0 Å². The van der Waals surface area contributed by atoms with Crippen LogP contribution in [0.4, 0.5) is 5.69 Å². The van der Waals surface area contributed by atoms with E-state index >= 15 is 0 Å². The van der Waals surface area contributed by atoms with Crippen molar-refractivity contribution in [1.82, 2.24) is 4.98 Å². The quantitative estimate of drug-likeness (QED) is 0.523. The average Bonchev–Trinajstić information content (AvgIpc) is 3.12. The first-order valence-corrected chi connectivity index (χ1v) is 8.28. The van der Waals surface area contributed by atoms with Crippen LogP contribution in [0.3, 0.4) is 0 Å². The Morgan fingerprint density at radius 1 is 0.923 bits per heavy atom. The highest BCUT2D eigenvalue weighted by molar-refractivity contribution is 6.02. The van der Waals surface area contributed by atoms with Crippen LogP contribution in [0.1, 0.15) is 5.56 Å². The minimum atomic E-state index is -0.191. The number of rotatable bonds is 4. The third-order valence-electron chi connectivity index (χ3n) is 3.90. The minimum absolute atomic E-state index is 0.191. The SMILES string of the molecule is O=C(C=Cc1ccccc1)Nc1cccc(-c2nc3ccccc3o2)c1. The zero-order valence-corrected chi connectivity index (χ0v) is 13.9. The molecule has 0 saturated carbocycles. The molecule has 26 heavy (non-hydrogen) atoms. The van der Waals surface area contributed by atoms with Crippen LogP contribution < -0.4 is 5.32 Å². The van der Waals surface area contributed by atoms with E-state index in [4.69, 9.17) is 4.42 Å². The molecule has 3 aromatic carbocycles. The lowest BCUT2D eigenvalue weighted by Gasteiger charge is -2.03. The fourth-order valence-electron chi connectivity index (χ4n) is 2.65. The monoisotopic (exact) mass is 340 g/mol. The van der Waals surface area contributed by atoms with Gasteiger partial charge in [0.15, 0.2) is 5.58 Å². The van der Waals surface area contributed by atoms with E-state index in [0.29, 0.717) is 11.6 Å². The number of benzene rings is 3. The maximum Gasteiger partial charge on any atom is 0.248 e. The van der Waals surface area contributed by atoms with E-state index in [9.17, 15) is 4.79 Å². The Kier molecular flexibility index (Phi) is 4.31. The van der Waals surface area contributed by atoms with Gasteiger partial charge in [0.25, 0.3) is 0 Å². The fourth-order valence-corrected chi connectivity index (χ4v) is 2.65. The normalized spacial score (nSPS) is 11.1. The third kappa shape index (κ3) is 3.54. The molecule has 0 aliphatic carbocycles. The molecule has 1 amide bonds. The summed E-state index contributed by atoms with van der Waals surface area (Å²) in [6.45, 7) is 0. The second-order valence-corrected chi connectivity index (χ2v) is 5.80. The van der Waals surface area contributed by atoms with Crippen LogP contribution in [-0.2, 0) is 4.79 Å². The van der Waals surface area contributed by atoms with E-state index in [0.717, 1.165) is 22.2 Å². The molecule has 0 spiro atoms. The standard InChI is InChI=1S/C22H16N2O2/c25-21(14-13-16-7-2-1-3-8-16)23-18-10-6-9-17(15-18)22-24-19-11-4-5-12-20(19)26-22/h1-15H,(H,23,25). The molecule has 0 radical (unpaired) electrons. The topological polar surface area (TPSA) is 55.1 Å². The summed E-state index contributed by atoms with van der Waals surface area (Å²) in [5.41, 5.74) is 4.02. The van der Waals surface area contributed by atoms with E-state index in [2.05, 4.69) is 10.3 Å². The Balaban J connectivity index is 1.52. The zero-order valence-electron chi connectivity index (χ0n) is 13.9. The van der Waals surface area contributed by atoms with Gasteiger partial charge in [-0.3, -0.25) is 4.79 Å². The molecule has 1 heterocycles. The summed E-state index contributed by atoms with van der Waals surface area (Å²) in [4.78, 5) is 16.6. The van der Waals surface area contributed by atoms with Gasteiger partial charge in [-0.1, -0.05) is 48.5 Å². The van der Waals surface area contributed by atoms with Crippen molar-refractivity contribution in [1.29, 1.82) is 0 Å². The van der Waals surface area contributed by atoms with Crippen LogP contribution >= 0.6 is 0 Å². The smallest absolute Gasteiger partial charge is 0.248 e. The van der Waals surface area contributed by atoms with Crippen molar-refractivity contribution < 1.29 is 9.21 Å². The summed E-state index contributed by atoms with van der Waals surface area (Å²) in [6, 6.07) is 24.7. The lowest BCUT2D eigenvalue weighted by atomic mass is 10.2. The number of para-hydroxylation sites is 2. The summed E-state index contributed by atoms with van der Waals surface area (Å²) in [7, 11) is 0. The summed E-state index contributed by atoms with van der Waals surface area (Å²) in [5, 5.41) is 2.86. The highest BCUT2D eigenvalue weighted by Gasteiger charge is 2.08. The van der Waals surface area contributed by atoms with Gasteiger partial charge in [0.1, 0.15) is 5.52 Å². The van der Waals surface area contributed by atoms with Gasteiger partial charge < -0.3 is 9.73 Å². The van der Waals surface area contributed by atoms with Crippen LogP contribution in [0.2, 0.25) is 0 Å². The van der Waals surface area contributed by atoms with Crippen molar-refractivity contribution in [2.45, 2.75) is 0 Å². The van der Waals surface area contributed by atoms with Crippen LogP contribution in [-0.4, -0.2) is 10.9 Å². The zero-order chi connectivity index (χ0) is 17.8. The Morgan fingerprint density at radius 2 is 1.73 bits per heavy atom. The number of fused-ring (bicyclic) bond motifs is 1. The predicted octanol–water partition coefficient (Wildman–Crippen LogP) is 5.15. The molecule has 0 fully saturated rings. The summed E-state index contributed by atoms with van der Waals surface area (Å²) in [6.07, 6.45) is 3.29. The number of amides is 1. The van der Waals surface area contributed by atoms with Crippen LogP contribution in [0.5, 0.6) is 0 Å². The van der Waals surface area contributed by atoms with Crippen molar-refractivity contribution in [3.05, 3.63) is 90.5 Å². The van der Waals surface area contributed by atoms with Gasteiger partial charge in [0.05, 0.1) is 0 Å². The molecule has 4 heteroatoms. The Hall–Kier alpha value is -3.66. The molecule has 126 valence electrons. The first-order chi connectivity index (χ1) is 12.8. The second-order valence-electron chi connectivity index (χ2n) is 5.80. The van der Waals surface area contributed by atoms with Crippen molar-refractivity contribution >= 4 is 28.8 Å². The molecule has 0 unspecified atom stereocenters. The number of oxazole rings is 1. The molecule has 1 aromatic heterocycles. The molecule has 0 atom stereocenters. The molecular weight excluding hydrogens is 324 g/mol.